The lowest BCUT2D eigenvalue weighted by molar-refractivity contribution is -0.141. The third kappa shape index (κ3) is 4.14. The Morgan fingerprint density at radius 3 is 2.33 bits per heavy atom. The number of rotatable bonds is 4. The fraction of sp³-hybridized carbons (Fsp3) is 0.611. The van der Waals surface area contributed by atoms with Crippen molar-refractivity contribution < 1.29 is 31.6 Å². The first-order valence-electron chi connectivity index (χ1n) is 8.79. The smallest absolute Gasteiger partial charge is 0.477 e. The van der Waals surface area contributed by atoms with Crippen molar-refractivity contribution in [2.24, 2.45) is 5.92 Å². The quantitative estimate of drug-likeness (QED) is 0.553. The lowest BCUT2D eigenvalue weighted by atomic mass is 9.73. The first-order valence-corrected chi connectivity index (χ1v) is 8.79. The summed E-state index contributed by atoms with van der Waals surface area (Å²) < 4.78 is 69.3. The van der Waals surface area contributed by atoms with E-state index in [-0.39, 0.29) is 18.4 Å². The van der Waals surface area contributed by atoms with Gasteiger partial charge in [0.1, 0.15) is 11.4 Å². The van der Waals surface area contributed by atoms with Crippen LogP contribution in [0.5, 0.6) is 5.88 Å². The minimum Gasteiger partial charge on any atom is -0.477 e. The fourth-order valence-electron chi connectivity index (χ4n) is 2.92. The Hall–Kier alpha value is -1.61. The van der Waals surface area contributed by atoms with Gasteiger partial charge in [-0.2, -0.15) is 13.2 Å². The van der Waals surface area contributed by atoms with Crippen molar-refractivity contribution in [3.63, 3.8) is 0 Å². The van der Waals surface area contributed by atoms with Gasteiger partial charge in [0, 0.05) is 12.0 Å². The molecule has 0 spiro atoms. The van der Waals surface area contributed by atoms with Crippen LogP contribution in [-0.2, 0) is 15.5 Å². The summed E-state index contributed by atoms with van der Waals surface area (Å²) >= 11 is 0. The summed E-state index contributed by atoms with van der Waals surface area (Å²) in [5.74, 6) is -0.0711. The molecular formula is C18H22BF4NO3. The van der Waals surface area contributed by atoms with Gasteiger partial charge >= 0.3 is 13.3 Å². The van der Waals surface area contributed by atoms with Crippen molar-refractivity contribution >= 4 is 7.12 Å². The molecule has 27 heavy (non-hydrogen) atoms. The highest BCUT2D eigenvalue weighted by molar-refractivity contribution is 6.53. The highest BCUT2D eigenvalue weighted by atomic mass is 19.4. The van der Waals surface area contributed by atoms with E-state index in [9.17, 15) is 17.6 Å². The predicted octanol–water partition coefficient (Wildman–Crippen LogP) is 4.74. The van der Waals surface area contributed by atoms with E-state index in [0.29, 0.717) is 18.4 Å². The molecular weight excluding hydrogens is 365 g/mol. The molecule has 0 aromatic carbocycles. The molecule has 0 amide bonds. The molecule has 0 bridgehead atoms. The number of pyridine rings is 1. The van der Waals surface area contributed by atoms with Crippen molar-refractivity contribution in [1.29, 1.82) is 0 Å². The maximum absolute atomic E-state index is 14.6. The Morgan fingerprint density at radius 1 is 1.19 bits per heavy atom. The molecule has 0 atom stereocenters. The second-order valence-electron chi connectivity index (χ2n) is 7.98. The van der Waals surface area contributed by atoms with Crippen LogP contribution in [0.1, 0.15) is 46.2 Å². The number of ether oxygens (including phenoxy) is 1. The maximum Gasteiger partial charge on any atom is 0.525 e. The fourth-order valence-corrected chi connectivity index (χ4v) is 2.92. The molecule has 1 aliphatic heterocycles. The summed E-state index contributed by atoms with van der Waals surface area (Å²) in [5.41, 5.74) is -2.05. The average Bonchev–Trinajstić information content (AvgIpc) is 2.73. The predicted molar refractivity (Wildman–Crippen MR) is 91.7 cm³/mol. The topological polar surface area (TPSA) is 40.6 Å². The molecule has 3 rings (SSSR count). The van der Waals surface area contributed by atoms with Crippen LogP contribution < -0.4 is 4.74 Å². The van der Waals surface area contributed by atoms with Gasteiger partial charge in [-0.25, -0.2) is 9.37 Å². The van der Waals surface area contributed by atoms with Gasteiger partial charge in [-0.05, 0) is 52.2 Å². The lowest BCUT2D eigenvalue weighted by Gasteiger charge is -2.32. The Balaban J connectivity index is 1.54. The van der Waals surface area contributed by atoms with Gasteiger partial charge in [0.25, 0.3) is 0 Å². The molecule has 0 N–H and O–H groups in total. The van der Waals surface area contributed by atoms with E-state index in [4.69, 9.17) is 14.0 Å². The summed E-state index contributed by atoms with van der Waals surface area (Å²) in [7, 11) is -1.02. The Kier molecular flexibility index (Phi) is 5.05. The van der Waals surface area contributed by atoms with E-state index >= 15 is 0 Å². The highest BCUT2D eigenvalue weighted by Gasteiger charge is 2.54. The zero-order chi connectivity index (χ0) is 20.0. The van der Waals surface area contributed by atoms with Crippen molar-refractivity contribution in [2.45, 2.75) is 57.9 Å². The van der Waals surface area contributed by atoms with Crippen LogP contribution in [0.3, 0.4) is 0 Å². The van der Waals surface area contributed by atoms with Crippen molar-refractivity contribution in [3.8, 4) is 5.88 Å². The van der Waals surface area contributed by atoms with Gasteiger partial charge in [-0.3, -0.25) is 0 Å². The summed E-state index contributed by atoms with van der Waals surface area (Å²) in [6.07, 6.45) is -3.61. The molecule has 2 aliphatic rings. The number of halogens is 4. The van der Waals surface area contributed by atoms with E-state index in [2.05, 4.69) is 4.98 Å². The van der Waals surface area contributed by atoms with E-state index < -0.39 is 35.9 Å². The van der Waals surface area contributed by atoms with Crippen molar-refractivity contribution in [3.05, 3.63) is 35.2 Å². The van der Waals surface area contributed by atoms with Crippen molar-refractivity contribution in [2.75, 3.05) is 6.61 Å². The monoisotopic (exact) mass is 387 g/mol. The van der Waals surface area contributed by atoms with Gasteiger partial charge in [0.05, 0.1) is 17.8 Å². The Labute approximate surface area is 156 Å². The first-order chi connectivity index (χ1) is 12.4. The zero-order valence-corrected chi connectivity index (χ0v) is 15.7. The molecule has 2 fully saturated rings. The maximum atomic E-state index is 14.6. The summed E-state index contributed by atoms with van der Waals surface area (Å²) in [6.45, 7) is 7.58. The van der Waals surface area contributed by atoms with Gasteiger partial charge in [-0.1, -0.05) is 6.07 Å². The van der Waals surface area contributed by atoms with E-state index in [1.165, 1.54) is 12.1 Å². The Bertz CT molecular complexity index is 724. The van der Waals surface area contributed by atoms with Crippen LogP contribution in [0.2, 0.25) is 0 Å². The number of hydrogen-bond donors (Lipinski definition) is 0. The van der Waals surface area contributed by atoms with E-state index in [0.717, 1.165) is 6.07 Å². The molecule has 9 heteroatoms. The van der Waals surface area contributed by atoms with E-state index in [1.54, 1.807) is 0 Å². The molecule has 0 radical (unpaired) electrons. The lowest BCUT2D eigenvalue weighted by Crippen LogP contribution is -2.41. The molecule has 4 nitrogen and oxygen atoms in total. The van der Waals surface area contributed by atoms with Gasteiger partial charge in [0.2, 0.25) is 5.88 Å². The summed E-state index contributed by atoms with van der Waals surface area (Å²) in [4.78, 5) is 3.45. The minimum absolute atomic E-state index is 0.0181. The number of hydrogen-bond acceptors (Lipinski definition) is 4. The van der Waals surface area contributed by atoms with Crippen LogP contribution in [0.4, 0.5) is 17.6 Å². The highest BCUT2D eigenvalue weighted by Crippen LogP contribution is 2.43. The standard InChI is InChI=1S/C18H22BF4NO3/c1-16(2)17(3,4)27-19(26-16)15(20)12-8-11(9-12)10-25-14-7-5-6-13(24-14)18(21,22)23/h5-7,11H,8-10H2,1-4H3. The number of alkyl halides is 3. The number of allylic oxidation sites excluding steroid dienone is 1. The summed E-state index contributed by atoms with van der Waals surface area (Å²) in [6, 6.07) is 3.50. The average molecular weight is 387 g/mol. The van der Waals surface area contributed by atoms with Crippen LogP contribution in [0.25, 0.3) is 0 Å². The molecule has 2 heterocycles. The second-order valence-corrected chi connectivity index (χ2v) is 7.98. The minimum atomic E-state index is -4.52. The molecule has 1 saturated heterocycles. The molecule has 1 aromatic rings. The molecule has 1 aromatic heterocycles. The molecule has 1 aliphatic carbocycles. The third-order valence-corrected chi connectivity index (χ3v) is 5.35. The number of nitrogens with zero attached hydrogens (tertiary/aromatic N) is 1. The Morgan fingerprint density at radius 2 is 1.78 bits per heavy atom. The van der Waals surface area contributed by atoms with E-state index in [1.807, 2.05) is 27.7 Å². The van der Waals surface area contributed by atoms with Crippen LogP contribution >= 0.6 is 0 Å². The van der Waals surface area contributed by atoms with Gasteiger partial charge in [0.15, 0.2) is 0 Å². The zero-order valence-electron chi connectivity index (χ0n) is 15.7. The van der Waals surface area contributed by atoms with Gasteiger partial charge < -0.3 is 14.0 Å². The van der Waals surface area contributed by atoms with Crippen LogP contribution in [0.15, 0.2) is 29.5 Å². The van der Waals surface area contributed by atoms with Crippen LogP contribution in [-0.4, -0.2) is 29.9 Å². The summed E-state index contributed by atoms with van der Waals surface area (Å²) in [5, 5.41) is 0. The van der Waals surface area contributed by atoms with Crippen LogP contribution in [0, 0.1) is 5.92 Å². The SMILES string of the molecule is CC1(C)OB(C(F)=C2CC(COc3cccc(C(F)(F)F)n3)C2)OC1(C)C. The van der Waals surface area contributed by atoms with Gasteiger partial charge in [-0.15, -0.1) is 0 Å². The number of aromatic nitrogens is 1. The third-order valence-electron chi connectivity index (χ3n) is 5.35. The largest absolute Gasteiger partial charge is 0.525 e. The molecule has 1 saturated carbocycles. The first kappa shape index (κ1) is 20.1. The second kappa shape index (κ2) is 6.77. The molecule has 0 unspecified atom stereocenters. The van der Waals surface area contributed by atoms with Crippen molar-refractivity contribution in [1.82, 2.24) is 4.98 Å². The molecule has 148 valence electrons. The normalized spacial score (nSPS) is 23.9.